The molecular weight excluding hydrogens is 303 g/mol. The largest absolute Gasteiger partial charge is 0.480 e. The average molecular weight is 321 g/mol. The first kappa shape index (κ1) is 17.8. The Kier molecular flexibility index (Phi) is 6.54. The average Bonchev–Trinajstić information content (AvgIpc) is 2.37. The summed E-state index contributed by atoms with van der Waals surface area (Å²) >= 11 is -0.158. The van der Waals surface area contributed by atoms with Gasteiger partial charge in [-0.2, -0.15) is 13.2 Å². The van der Waals surface area contributed by atoms with Gasteiger partial charge in [0.1, 0.15) is 0 Å². The number of halogens is 3. The van der Waals surface area contributed by atoms with Gasteiger partial charge in [0.15, 0.2) is 0 Å². The maximum Gasteiger partial charge on any atom is 0.446 e. The van der Waals surface area contributed by atoms with Crippen LogP contribution >= 0.6 is 11.8 Å². The number of rotatable bonds is 7. The van der Waals surface area contributed by atoms with E-state index in [-0.39, 0.29) is 29.2 Å². The minimum atomic E-state index is -4.30. The van der Waals surface area contributed by atoms with E-state index in [1.807, 2.05) is 13.8 Å². The van der Waals surface area contributed by atoms with Crippen LogP contribution < -0.4 is 0 Å². The quantitative estimate of drug-likeness (QED) is 0.771. The molecule has 21 heavy (non-hydrogen) atoms. The third-order valence-electron chi connectivity index (χ3n) is 3.10. The third-order valence-corrected chi connectivity index (χ3v) is 3.83. The molecule has 0 aliphatic carbocycles. The Morgan fingerprint density at radius 1 is 1.33 bits per heavy atom. The highest BCUT2D eigenvalue weighted by Gasteiger charge is 2.29. The number of hydrogen-bond donors (Lipinski definition) is 1. The van der Waals surface area contributed by atoms with Crippen LogP contribution in [0.5, 0.6) is 0 Å². The highest BCUT2D eigenvalue weighted by molar-refractivity contribution is 8.00. The van der Waals surface area contributed by atoms with Crippen LogP contribution in [0.2, 0.25) is 0 Å². The van der Waals surface area contributed by atoms with Gasteiger partial charge in [0.05, 0.1) is 6.54 Å². The van der Waals surface area contributed by atoms with Crippen LogP contribution in [0.3, 0.4) is 0 Å². The number of nitrogens with zero attached hydrogens (tertiary/aromatic N) is 1. The summed E-state index contributed by atoms with van der Waals surface area (Å²) in [6.07, 6.45) is 0.801. The molecule has 0 spiro atoms. The second kappa shape index (κ2) is 7.70. The Hall–Kier alpha value is -1.21. The smallest absolute Gasteiger partial charge is 0.446 e. The highest BCUT2D eigenvalue weighted by atomic mass is 32.2. The van der Waals surface area contributed by atoms with Crippen LogP contribution in [0.15, 0.2) is 29.2 Å². The molecular formula is C14H18F3NO2S. The van der Waals surface area contributed by atoms with Gasteiger partial charge in [-0.05, 0) is 42.8 Å². The van der Waals surface area contributed by atoms with Crippen molar-refractivity contribution in [2.45, 2.75) is 43.3 Å². The van der Waals surface area contributed by atoms with Crippen molar-refractivity contribution < 1.29 is 23.1 Å². The predicted molar refractivity (Wildman–Crippen MR) is 76.2 cm³/mol. The zero-order valence-electron chi connectivity index (χ0n) is 11.9. The summed E-state index contributed by atoms with van der Waals surface area (Å²) in [5, 5.41) is 8.91. The molecule has 0 aliphatic heterocycles. The van der Waals surface area contributed by atoms with Gasteiger partial charge in [-0.1, -0.05) is 19.1 Å². The molecule has 1 aromatic carbocycles. The molecule has 0 aliphatic rings. The van der Waals surface area contributed by atoms with E-state index < -0.39 is 11.5 Å². The minimum Gasteiger partial charge on any atom is -0.480 e. The maximum atomic E-state index is 12.2. The minimum absolute atomic E-state index is 0.0883. The molecule has 0 bridgehead atoms. The number of carboxylic acids is 1. The van der Waals surface area contributed by atoms with Crippen LogP contribution in [0.4, 0.5) is 13.2 Å². The van der Waals surface area contributed by atoms with Crippen molar-refractivity contribution in [3.63, 3.8) is 0 Å². The molecule has 1 aromatic rings. The molecule has 0 aromatic heterocycles. The Morgan fingerprint density at radius 2 is 1.90 bits per heavy atom. The molecule has 0 fully saturated rings. The van der Waals surface area contributed by atoms with Gasteiger partial charge in [-0.15, -0.1) is 0 Å². The van der Waals surface area contributed by atoms with Gasteiger partial charge in [0.2, 0.25) is 0 Å². The standard InChI is InChI=1S/C14H18F3NO2S/c1-3-10(2)18(9-13(19)20)8-11-4-6-12(7-5-11)21-14(15,16)17/h4-7,10H,3,8-9H2,1-2H3,(H,19,20). The number of carbonyl (C=O) groups is 1. The van der Waals surface area contributed by atoms with E-state index in [0.29, 0.717) is 6.54 Å². The van der Waals surface area contributed by atoms with Gasteiger partial charge < -0.3 is 5.11 Å². The summed E-state index contributed by atoms with van der Waals surface area (Å²) in [6, 6.07) is 6.10. The van der Waals surface area contributed by atoms with E-state index in [9.17, 15) is 18.0 Å². The Labute approximate surface area is 126 Å². The first-order valence-corrected chi connectivity index (χ1v) is 7.33. The molecule has 118 valence electrons. The number of carboxylic acid groups (broad SMARTS) is 1. The monoisotopic (exact) mass is 321 g/mol. The van der Waals surface area contributed by atoms with Crippen molar-refractivity contribution >= 4 is 17.7 Å². The molecule has 1 N–H and O–H groups in total. The van der Waals surface area contributed by atoms with Crippen molar-refractivity contribution in [1.82, 2.24) is 4.90 Å². The Balaban J connectivity index is 2.73. The molecule has 0 saturated carbocycles. The Bertz CT molecular complexity index is 462. The summed E-state index contributed by atoms with van der Waals surface area (Å²) in [4.78, 5) is 12.8. The molecule has 1 unspecified atom stereocenters. The van der Waals surface area contributed by atoms with Crippen LogP contribution in [0.25, 0.3) is 0 Å². The van der Waals surface area contributed by atoms with Crippen molar-refractivity contribution in [1.29, 1.82) is 0 Å². The summed E-state index contributed by atoms with van der Waals surface area (Å²) in [6.45, 7) is 4.20. The fraction of sp³-hybridized carbons (Fsp3) is 0.500. The topological polar surface area (TPSA) is 40.5 Å². The second-order valence-electron chi connectivity index (χ2n) is 4.75. The fourth-order valence-corrected chi connectivity index (χ4v) is 2.37. The lowest BCUT2D eigenvalue weighted by Gasteiger charge is -2.26. The third kappa shape index (κ3) is 6.86. The molecule has 3 nitrogen and oxygen atoms in total. The van der Waals surface area contributed by atoms with E-state index >= 15 is 0 Å². The molecule has 0 saturated heterocycles. The SMILES string of the molecule is CCC(C)N(CC(=O)O)Cc1ccc(SC(F)(F)F)cc1. The lowest BCUT2D eigenvalue weighted by molar-refractivity contribution is -0.139. The molecule has 0 heterocycles. The van der Waals surface area contributed by atoms with E-state index in [4.69, 9.17) is 5.11 Å². The van der Waals surface area contributed by atoms with Crippen LogP contribution in [-0.4, -0.2) is 34.1 Å². The summed E-state index contributed by atoms with van der Waals surface area (Å²) in [5.41, 5.74) is -3.50. The van der Waals surface area contributed by atoms with Crippen molar-refractivity contribution in [2.75, 3.05) is 6.54 Å². The van der Waals surface area contributed by atoms with E-state index in [2.05, 4.69) is 0 Å². The normalized spacial score (nSPS) is 13.4. The molecule has 7 heteroatoms. The van der Waals surface area contributed by atoms with Crippen LogP contribution in [0, 0.1) is 0 Å². The second-order valence-corrected chi connectivity index (χ2v) is 5.89. The lowest BCUT2D eigenvalue weighted by atomic mass is 10.1. The summed E-state index contributed by atoms with van der Waals surface area (Å²) in [5.74, 6) is -0.917. The van der Waals surface area contributed by atoms with E-state index in [1.54, 1.807) is 17.0 Å². The maximum absolute atomic E-state index is 12.2. The molecule has 1 atom stereocenters. The van der Waals surface area contributed by atoms with Crippen LogP contribution in [0.1, 0.15) is 25.8 Å². The highest BCUT2D eigenvalue weighted by Crippen LogP contribution is 2.36. The van der Waals surface area contributed by atoms with Gasteiger partial charge in [-0.25, -0.2) is 0 Å². The zero-order chi connectivity index (χ0) is 16.0. The molecule has 1 rings (SSSR count). The number of thioether (sulfide) groups is 1. The van der Waals surface area contributed by atoms with Gasteiger partial charge in [-0.3, -0.25) is 9.69 Å². The van der Waals surface area contributed by atoms with Gasteiger partial charge >= 0.3 is 11.5 Å². The summed E-state index contributed by atoms with van der Waals surface area (Å²) in [7, 11) is 0. The van der Waals surface area contributed by atoms with Crippen molar-refractivity contribution in [3.05, 3.63) is 29.8 Å². The number of hydrogen-bond acceptors (Lipinski definition) is 3. The Morgan fingerprint density at radius 3 is 2.33 bits per heavy atom. The summed E-state index contributed by atoms with van der Waals surface area (Å²) < 4.78 is 36.7. The van der Waals surface area contributed by atoms with E-state index in [0.717, 1.165) is 12.0 Å². The van der Waals surface area contributed by atoms with Crippen molar-refractivity contribution in [3.8, 4) is 0 Å². The van der Waals surface area contributed by atoms with Crippen molar-refractivity contribution in [2.24, 2.45) is 0 Å². The lowest BCUT2D eigenvalue weighted by Crippen LogP contribution is -2.36. The first-order chi connectivity index (χ1) is 9.71. The van der Waals surface area contributed by atoms with Gasteiger partial charge in [0, 0.05) is 17.5 Å². The van der Waals surface area contributed by atoms with Crippen LogP contribution in [-0.2, 0) is 11.3 Å². The first-order valence-electron chi connectivity index (χ1n) is 6.51. The molecule has 0 amide bonds. The van der Waals surface area contributed by atoms with Gasteiger partial charge in [0.25, 0.3) is 0 Å². The van der Waals surface area contributed by atoms with E-state index in [1.165, 1.54) is 12.1 Å². The number of aliphatic carboxylic acids is 1. The molecule has 0 radical (unpaired) electrons. The number of alkyl halides is 3. The predicted octanol–water partition coefficient (Wildman–Crippen LogP) is 3.98. The fourth-order valence-electron chi connectivity index (χ4n) is 1.83. The zero-order valence-corrected chi connectivity index (χ0v) is 12.7. The number of benzene rings is 1.